The highest BCUT2D eigenvalue weighted by molar-refractivity contribution is 6.01. The molecule has 0 spiro atoms. The first-order valence-electron chi connectivity index (χ1n) is 9.97. The van der Waals surface area contributed by atoms with Crippen molar-refractivity contribution in [2.45, 2.75) is 19.4 Å². The van der Waals surface area contributed by atoms with Gasteiger partial charge in [0, 0.05) is 31.8 Å². The van der Waals surface area contributed by atoms with Crippen LogP contribution in [0.1, 0.15) is 40.1 Å². The van der Waals surface area contributed by atoms with Crippen molar-refractivity contribution in [2.24, 2.45) is 5.10 Å². The van der Waals surface area contributed by atoms with Gasteiger partial charge in [0.15, 0.2) is 0 Å². The minimum absolute atomic E-state index is 0.0478. The van der Waals surface area contributed by atoms with E-state index in [1.165, 1.54) is 9.91 Å². The minimum Gasteiger partial charge on any atom is -0.467 e. The molecule has 3 heterocycles. The smallest absolute Gasteiger partial charge is 0.262 e. The summed E-state index contributed by atoms with van der Waals surface area (Å²) in [5.41, 5.74) is 2.03. The van der Waals surface area contributed by atoms with E-state index >= 15 is 0 Å². The van der Waals surface area contributed by atoms with Gasteiger partial charge in [-0.25, -0.2) is 5.01 Å². The Balaban J connectivity index is 1.47. The number of carbonyl (C=O) groups is 2. The summed E-state index contributed by atoms with van der Waals surface area (Å²) >= 11 is 0. The van der Waals surface area contributed by atoms with Gasteiger partial charge in [-0.2, -0.15) is 5.10 Å². The first-order chi connectivity index (χ1) is 14.9. The number of benzene rings is 1. The molecule has 0 saturated carbocycles. The quantitative estimate of drug-likeness (QED) is 0.657. The van der Waals surface area contributed by atoms with Crippen molar-refractivity contribution in [1.82, 2.24) is 9.91 Å². The van der Waals surface area contributed by atoms with Gasteiger partial charge in [-0.3, -0.25) is 9.59 Å². The molecule has 0 aliphatic carbocycles. The van der Waals surface area contributed by atoms with Crippen LogP contribution < -0.4 is 5.32 Å². The van der Waals surface area contributed by atoms with E-state index in [9.17, 15) is 9.59 Å². The molecule has 8 nitrogen and oxygen atoms in total. The van der Waals surface area contributed by atoms with Crippen LogP contribution in [-0.4, -0.2) is 48.1 Å². The van der Waals surface area contributed by atoms with Crippen molar-refractivity contribution in [2.75, 3.05) is 26.0 Å². The highest BCUT2D eigenvalue weighted by atomic mass is 16.3. The summed E-state index contributed by atoms with van der Waals surface area (Å²) in [5, 5.41) is 9.08. The molecule has 0 bridgehead atoms. The normalized spacial score (nSPS) is 15.6. The van der Waals surface area contributed by atoms with Crippen LogP contribution >= 0.6 is 0 Å². The van der Waals surface area contributed by atoms with Gasteiger partial charge in [0.25, 0.3) is 11.8 Å². The van der Waals surface area contributed by atoms with Gasteiger partial charge in [0.2, 0.25) is 0 Å². The lowest BCUT2D eigenvalue weighted by atomic mass is 10.1. The Labute approximate surface area is 180 Å². The zero-order valence-electron chi connectivity index (χ0n) is 17.7. The first kappa shape index (κ1) is 20.5. The highest BCUT2D eigenvalue weighted by Crippen LogP contribution is 2.33. The van der Waals surface area contributed by atoms with Crippen LogP contribution in [0.3, 0.4) is 0 Å². The Morgan fingerprint density at radius 3 is 2.55 bits per heavy atom. The van der Waals surface area contributed by atoms with Crippen molar-refractivity contribution >= 4 is 23.2 Å². The topological polar surface area (TPSA) is 91.3 Å². The van der Waals surface area contributed by atoms with E-state index in [-0.39, 0.29) is 24.4 Å². The fourth-order valence-electron chi connectivity index (χ4n) is 3.43. The van der Waals surface area contributed by atoms with Crippen LogP contribution in [0.2, 0.25) is 0 Å². The van der Waals surface area contributed by atoms with E-state index in [0.29, 0.717) is 29.2 Å². The second-order valence-electron chi connectivity index (χ2n) is 7.56. The standard InChI is InChI=1S/C23H24N4O4/c1-15-6-11-20(31-15)18-13-19(21-5-4-12-30-21)27(25-18)22(28)14-24-17-9-7-16(8-10-17)23(29)26(2)3/h4-12,19,24H,13-14H2,1-3H3. The van der Waals surface area contributed by atoms with Crippen LogP contribution in [-0.2, 0) is 4.79 Å². The number of furan rings is 2. The Kier molecular flexibility index (Phi) is 5.62. The summed E-state index contributed by atoms with van der Waals surface area (Å²) < 4.78 is 11.2. The molecule has 3 aromatic rings. The van der Waals surface area contributed by atoms with Gasteiger partial charge in [0.1, 0.15) is 29.0 Å². The van der Waals surface area contributed by atoms with Gasteiger partial charge >= 0.3 is 0 Å². The molecule has 0 radical (unpaired) electrons. The maximum absolute atomic E-state index is 13.0. The van der Waals surface area contributed by atoms with Crippen LogP contribution in [0.25, 0.3) is 0 Å². The molecule has 1 aliphatic heterocycles. The third kappa shape index (κ3) is 4.37. The van der Waals surface area contributed by atoms with Crippen LogP contribution in [0, 0.1) is 6.92 Å². The highest BCUT2D eigenvalue weighted by Gasteiger charge is 2.35. The second kappa shape index (κ2) is 8.51. The van der Waals surface area contributed by atoms with Crippen molar-refractivity contribution < 1.29 is 18.4 Å². The molecule has 1 unspecified atom stereocenters. The summed E-state index contributed by atoms with van der Waals surface area (Å²) in [6.45, 7) is 1.92. The largest absolute Gasteiger partial charge is 0.467 e. The molecule has 4 rings (SSSR count). The molecule has 0 fully saturated rings. The molecule has 1 aromatic carbocycles. The van der Waals surface area contributed by atoms with E-state index in [2.05, 4.69) is 10.4 Å². The molecule has 1 atom stereocenters. The molecule has 8 heteroatoms. The summed E-state index contributed by atoms with van der Waals surface area (Å²) in [6.07, 6.45) is 2.09. The Morgan fingerprint density at radius 2 is 1.94 bits per heavy atom. The summed E-state index contributed by atoms with van der Waals surface area (Å²) in [6, 6.07) is 14.0. The number of rotatable bonds is 6. The van der Waals surface area contributed by atoms with E-state index < -0.39 is 0 Å². The van der Waals surface area contributed by atoms with Crippen molar-refractivity contribution in [3.63, 3.8) is 0 Å². The van der Waals surface area contributed by atoms with Crippen molar-refractivity contribution in [1.29, 1.82) is 0 Å². The van der Waals surface area contributed by atoms with Gasteiger partial charge in [-0.15, -0.1) is 0 Å². The monoisotopic (exact) mass is 420 g/mol. The molecule has 0 saturated heterocycles. The number of anilines is 1. The SMILES string of the molecule is Cc1ccc(C2=NN(C(=O)CNc3ccc(C(=O)N(C)C)cc3)C(c3ccco3)C2)o1. The lowest BCUT2D eigenvalue weighted by Gasteiger charge is -2.20. The number of hydrogen-bond acceptors (Lipinski definition) is 6. The minimum atomic E-state index is -0.329. The lowest BCUT2D eigenvalue weighted by Crippen LogP contribution is -2.32. The zero-order chi connectivity index (χ0) is 22.0. The van der Waals surface area contributed by atoms with Crippen LogP contribution in [0.5, 0.6) is 0 Å². The van der Waals surface area contributed by atoms with Gasteiger partial charge < -0.3 is 19.1 Å². The summed E-state index contributed by atoms with van der Waals surface area (Å²) in [5.74, 6) is 1.83. The van der Waals surface area contributed by atoms with E-state index in [1.807, 2.05) is 25.1 Å². The van der Waals surface area contributed by atoms with E-state index in [4.69, 9.17) is 8.83 Å². The lowest BCUT2D eigenvalue weighted by molar-refractivity contribution is -0.131. The maximum atomic E-state index is 13.0. The molecule has 160 valence electrons. The van der Waals surface area contributed by atoms with Gasteiger partial charge in [-0.05, 0) is 55.5 Å². The average molecular weight is 420 g/mol. The Bertz CT molecular complexity index is 1100. The van der Waals surface area contributed by atoms with Gasteiger partial charge in [-0.1, -0.05) is 0 Å². The molecule has 31 heavy (non-hydrogen) atoms. The van der Waals surface area contributed by atoms with Gasteiger partial charge in [0.05, 0.1) is 12.8 Å². The number of hydrogen-bond donors (Lipinski definition) is 1. The molecular formula is C23H24N4O4. The number of nitrogens with zero attached hydrogens (tertiary/aromatic N) is 3. The first-order valence-corrected chi connectivity index (χ1v) is 9.97. The number of hydrazone groups is 1. The molecule has 2 aromatic heterocycles. The van der Waals surface area contributed by atoms with Crippen LogP contribution in [0.15, 0.2) is 68.7 Å². The van der Waals surface area contributed by atoms with Crippen molar-refractivity contribution in [3.05, 3.63) is 77.6 Å². The fraction of sp³-hybridized carbons (Fsp3) is 0.261. The molecule has 1 aliphatic rings. The Morgan fingerprint density at radius 1 is 1.16 bits per heavy atom. The van der Waals surface area contributed by atoms with E-state index in [0.717, 1.165) is 11.4 Å². The summed E-state index contributed by atoms with van der Waals surface area (Å²) in [7, 11) is 3.41. The number of nitrogens with one attached hydrogen (secondary N) is 1. The predicted octanol–water partition coefficient (Wildman–Crippen LogP) is 3.67. The predicted molar refractivity (Wildman–Crippen MR) is 116 cm³/mol. The molecule has 2 amide bonds. The molecule has 1 N–H and O–H groups in total. The second-order valence-corrected chi connectivity index (χ2v) is 7.56. The zero-order valence-corrected chi connectivity index (χ0v) is 17.7. The number of amides is 2. The molecular weight excluding hydrogens is 396 g/mol. The fourth-order valence-corrected chi connectivity index (χ4v) is 3.43. The number of carbonyl (C=O) groups excluding carboxylic acids is 2. The van der Waals surface area contributed by atoms with Crippen molar-refractivity contribution in [3.8, 4) is 0 Å². The van der Waals surface area contributed by atoms with Crippen LogP contribution in [0.4, 0.5) is 5.69 Å². The van der Waals surface area contributed by atoms with E-state index in [1.54, 1.807) is 50.7 Å². The number of aryl methyl sites for hydroxylation is 1. The maximum Gasteiger partial charge on any atom is 0.262 e. The average Bonchev–Trinajstić information content (AvgIpc) is 3.51. The third-order valence-electron chi connectivity index (χ3n) is 5.04. The Hall–Kier alpha value is -3.81. The third-order valence-corrected chi connectivity index (χ3v) is 5.04. The summed E-state index contributed by atoms with van der Waals surface area (Å²) in [4.78, 5) is 26.5.